The second kappa shape index (κ2) is 13.2. The maximum Gasteiger partial charge on any atom is 0.309 e. The van der Waals surface area contributed by atoms with Crippen molar-refractivity contribution in [1.29, 1.82) is 0 Å². The fourth-order valence-corrected chi connectivity index (χ4v) is 4.23. The third kappa shape index (κ3) is 7.11. The van der Waals surface area contributed by atoms with Gasteiger partial charge in [-0.3, -0.25) is 9.59 Å². The number of azide groups is 1. The van der Waals surface area contributed by atoms with Gasteiger partial charge in [-0.15, -0.1) is 0 Å². The van der Waals surface area contributed by atoms with Gasteiger partial charge in [0, 0.05) is 37.0 Å². The number of benzene rings is 1. The summed E-state index contributed by atoms with van der Waals surface area (Å²) in [5, 5.41) is 3.94. The summed E-state index contributed by atoms with van der Waals surface area (Å²) in [6, 6.07) is 4.51. The van der Waals surface area contributed by atoms with Gasteiger partial charge in [0.05, 0.1) is 31.2 Å². The number of esters is 1. The first-order valence-electron chi connectivity index (χ1n) is 11.8. The van der Waals surface area contributed by atoms with Gasteiger partial charge in [0.1, 0.15) is 17.6 Å². The van der Waals surface area contributed by atoms with Crippen LogP contribution in [0.1, 0.15) is 57.3 Å². The van der Waals surface area contributed by atoms with E-state index in [1.54, 1.807) is 32.4 Å². The predicted octanol–water partition coefficient (Wildman–Crippen LogP) is 5.22. The maximum absolute atomic E-state index is 13.7. The van der Waals surface area contributed by atoms with Gasteiger partial charge < -0.3 is 18.9 Å². The monoisotopic (exact) mass is 475 g/mol. The summed E-state index contributed by atoms with van der Waals surface area (Å²) in [5.41, 5.74) is 9.62. The van der Waals surface area contributed by atoms with Crippen LogP contribution in [-0.2, 0) is 14.3 Å². The molecule has 1 saturated heterocycles. The third-order valence-corrected chi connectivity index (χ3v) is 6.33. The number of carbonyl (C=O) groups excluding carboxylic acids is 2. The maximum atomic E-state index is 13.7. The van der Waals surface area contributed by atoms with Gasteiger partial charge in [-0.05, 0) is 42.3 Å². The second-order valence-corrected chi connectivity index (χ2v) is 9.34. The second-order valence-electron chi connectivity index (χ2n) is 9.34. The molecule has 0 spiro atoms. The molecule has 0 aliphatic carbocycles. The summed E-state index contributed by atoms with van der Waals surface area (Å²) in [6.45, 7) is 8.78. The number of carbonyl (C=O) groups is 2. The average molecular weight is 476 g/mol. The first-order chi connectivity index (χ1) is 16.2. The van der Waals surface area contributed by atoms with Crippen molar-refractivity contribution in [2.75, 3.05) is 27.4 Å². The lowest BCUT2D eigenvalue weighted by atomic mass is 9.81. The Morgan fingerprint density at radius 2 is 1.97 bits per heavy atom. The zero-order valence-corrected chi connectivity index (χ0v) is 21.0. The van der Waals surface area contributed by atoms with Crippen molar-refractivity contribution in [3.05, 3.63) is 34.2 Å². The van der Waals surface area contributed by atoms with Crippen molar-refractivity contribution < 1.29 is 28.5 Å². The largest absolute Gasteiger partial charge is 0.497 e. The molecule has 0 unspecified atom stereocenters. The van der Waals surface area contributed by atoms with Crippen molar-refractivity contribution in [3.63, 3.8) is 0 Å². The van der Waals surface area contributed by atoms with E-state index in [1.807, 2.05) is 27.7 Å². The van der Waals surface area contributed by atoms with Gasteiger partial charge >= 0.3 is 5.97 Å². The molecule has 0 bridgehead atoms. The number of Topliss-reactive ketones (excluding diaryl/α,β-unsaturated/α-hetero) is 1. The van der Waals surface area contributed by atoms with Crippen LogP contribution in [0.3, 0.4) is 0 Å². The molecule has 1 fully saturated rings. The van der Waals surface area contributed by atoms with Gasteiger partial charge in [-0.1, -0.05) is 32.8 Å². The van der Waals surface area contributed by atoms with Crippen molar-refractivity contribution in [1.82, 2.24) is 0 Å². The fourth-order valence-electron chi connectivity index (χ4n) is 4.23. The molecule has 34 heavy (non-hydrogen) atoms. The molecule has 1 heterocycles. The molecule has 4 atom stereocenters. The van der Waals surface area contributed by atoms with E-state index in [-0.39, 0.29) is 35.9 Å². The van der Waals surface area contributed by atoms with E-state index in [0.29, 0.717) is 43.1 Å². The van der Waals surface area contributed by atoms with E-state index in [0.717, 1.165) is 0 Å². The topological polar surface area (TPSA) is 120 Å². The fraction of sp³-hybridized carbons (Fsp3) is 0.680. The van der Waals surface area contributed by atoms with Crippen LogP contribution in [0.4, 0.5) is 0 Å². The minimum Gasteiger partial charge on any atom is -0.497 e. The van der Waals surface area contributed by atoms with Crippen molar-refractivity contribution in [2.45, 2.75) is 59.1 Å². The summed E-state index contributed by atoms with van der Waals surface area (Å²) in [7, 11) is 3.18. The molecule has 0 saturated carbocycles. The van der Waals surface area contributed by atoms with E-state index in [4.69, 9.17) is 18.9 Å². The molecular formula is C25H37N3O6. The van der Waals surface area contributed by atoms with Crippen LogP contribution in [0.5, 0.6) is 11.5 Å². The molecule has 0 amide bonds. The number of methoxy groups -OCH3 is 2. The zero-order valence-electron chi connectivity index (χ0n) is 21.0. The Morgan fingerprint density at radius 1 is 1.24 bits per heavy atom. The lowest BCUT2D eigenvalue weighted by Crippen LogP contribution is -2.32. The highest BCUT2D eigenvalue weighted by Gasteiger charge is 2.41. The Bertz CT molecular complexity index is 881. The van der Waals surface area contributed by atoms with E-state index >= 15 is 0 Å². The highest BCUT2D eigenvalue weighted by atomic mass is 16.6. The van der Waals surface area contributed by atoms with Crippen LogP contribution in [0.25, 0.3) is 10.4 Å². The molecule has 1 aromatic carbocycles. The average Bonchev–Trinajstić information content (AvgIpc) is 3.20. The first-order valence-corrected chi connectivity index (χ1v) is 11.8. The summed E-state index contributed by atoms with van der Waals surface area (Å²) < 4.78 is 21.9. The normalized spacial score (nSPS) is 19.5. The van der Waals surface area contributed by atoms with Crippen LogP contribution in [-0.4, -0.2) is 51.3 Å². The van der Waals surface area contributed by atoms with E-state index in [9.17, 15) is 15.1 Å². The van der Waals surface area contributed by atoms with Gasteiger partial charge in [0.25, 0.3) is 0 Å². The van der Waals surface area contributed by atoms with E-state index in [2.05, 4.69) is 10.0 Å². The molecule has 1 aromatic rings. The first kappa shape index (κ1) is 27.5. The Balaban J connectivity index is 2.28. The molecule has 188 valence electrons. The standard InChI is InChI=1S/C25H37N3O6/c1-15(2)19(13-21(27-28-26)23-14-20(16(3)4)25(30)34-23)24(29)18-9-8-17(32-6)12-22(18)33-11-7-10-31-5/h8-9,12,15-16,19-21,23H,7,10-11,13-14H2,1-6H3/t19-,20-,21-,23-/m0/s1. The molecule has 0 radical (unpaired) electrons. The molecule has 9 nitrogen and oxygen atoms in total. The smallest absolute Gasteiger partial charge is 0.309 e. The summed E-state index contributed by atoms with van der Waals surface area (Å²) in [6.07, 6.45) is 0.900. The molecule has 0 aromatic heterocycles. The van der Waals surface area contributed by atoms with Crippen LogP contribution in [0.2, 0.25) is 0 Å². The van der Waals surface area contributed by atoms with Crippen LogP contribution in [0, 0.1) is 23.7 Å². The van der Waals surface area contributed by atoms with Crippen LogP contribution in [0.15, 0.2) is 23.3 Å². The number of rotatable bonds is 14. The Labute approximate surface area is 201 Å². The predicted molar refractivity (Wildman–Crippen MR) is 128 cm³/mol. The SMILES string of the molecule is COCCCOc1cc(OC)ccc1C(=O)[C@@H](C[C@H](N=[N+]=[N-])[C@@H]1C[C@@H](C(C)C)C(=O)O1)C(C)C. The minimum absolute atomic E-state index is 0.0367. The number of ketones is 1. The Hall–Kier alpha value is -2.77. The number of ether oxygens (including phenoxy) is 4. The lowest BCUT2D eigenvalue weighted by Gasteiger charge is -2.26. The van der Waals surface area contributed by atoms with Gasteiger partial charge in [-0.2, -0.15) is 0 Å². The number of hydrogen-bond donors (Lipinski definition) is 0. The number of hydrogen-bond acceptors (Lipinski definition) is 7. The molecule has 0 N–H and O–H groups in total. The molecule has 1 aliphatic heterocycles. The van der Waals surface area contributed by atoms with Crippen molar-refractivity contribution in [2.24, 2.45) is 28.8 Å². The third-order valence-electron chi connectivity index (χ3n) is 6.33. The molecule has 9 heteroatoms. The van der Waals surface area contributed by atoms with Gasteiger partial charge in [-0.25, -0.2) is 0 Å². The Morgan fingerprint density at radius 3 is 2.53 bits per heavy atom. The van der Waals surface area contributed by atoms with Crippen molar-refractivity contribution >= 4 is 11.8 Å². The number of nitrogens with zero attached hydrogens (tertiary/aromatic N) is 3. The highest BCUT2D eigenvalue weighted by molar-refractivity contribution is 6.00. The molecule has 2 rings (SSSR count). The van der Waals surface area contributed by atoms with Crippen molar-refractivity contribution in [3.8, 4) is 11.5 Å². The molecular weight excluding hydrogens is 438 g/mol. The Kier molecular flexibility index (Phi) is 10.7. The highest BCUT2D eigenvalue weighted by Crippen LogP contribution is 2.36. The quantitative estimate of drug-likeness (QED) is 0.0908. The van der Waals surface area contributed by atoms with Gasteiger partial charge in [0.2, 0.25) is 0 Å². The van der Waals surface area contributed by atoms with Crippen LogP contribution >= 0.6 is 0 Å². The molecule has 1 aliphatic rings. The van der Waals surface area contributed by atoms with Gasteiger partial charge in [0.15, 0.2) is 5.78 Å². The number of cyclic esters (lactones) is 1. The van der Waals surface area contributed by atoms with E-state index < -0.39 is 18.1 Å². The summed E-state index contributed by atoms with van der Waals surface area (Å²) in [5.74, 6) is 0.0526. The van der Waals surface area contributed by atoms with E-state index in [1.165, 1.54) is 0 Å². The van der Waals surface area contributed by atoms with Crippen LogP contribution < -0.4 is 9.47 Å². The lowest BCUT2D eigenvalue weighted by molar-refractivity contribution is -0.145. The minimum atomic E-state index is -0.627. The summed E-state index contributed by atoms with van der Waals surface area (Å²) in [4.78, 5) is 29.0. The summed E-state index contributed by atoms with van der Waals surface area (Å²) >= 11 is 0. The zero-order chi connectivity index (χ0) is 25.3.